The third kappa shape index (κ3) is 4.60. The number of nitrogens with zero attached hydrogens (tertiary/aromatic N) is 5. The molecule has 1 unspecified atom stereocenters. The molecule has 2 atom stereocenters. The smallest absolute Gasteiger partial charge is 0.252 e. The quantitative estimate of drug-likeness (QED) is 0.521. The number of amides is 1. The standard InChI is InChI=1S/C21H19ClF4N6O2/c1-10(28-19(33)20(34)3-4-21(25,26)9-20)17-15(24)5-11(8-27-17)13-6-12(22)7-14(23)16(13)18-29-31-32(2)30-18/h5-8,10,34H,3-4,9H2,1-2H3,(H,28,33)/t10-,20?/m1/s1. The number of benzene rings is 1. The Kier molecular flexibility index (Phi) is 6.06. The van der Waals surface area contributed by atoms with E-state index in [2.05, 4.69) is 25.7 Å². The van der Waals surface area contributed by atoms with Crippen LogP contribution in [0.2, 0.25) is 5.02 Å². The third-order valence-corrected chi connectivity index (χ3v) is 5.82. The Balaban J connectivity index is 1.63. The maximum atomic E-state index is 15.0. The number of tetrazole rings is 1. The van der Waals surface area contributed by atoms with Gasteiger partial charge in [0.1, 0.15) is 17.2 Å². The zero-order valence-electron chi connectivity index (χ0n) is 18.0. The molecule has 3 aromatic rings. The van der Waals surface area contributed by atoms with Gasteiger partial charge >= 0.3 is 0 Å². The largest absolute Gasteiger partial charge is 0.380 e. The SMILES string of the molecule is C[C@@H](NC(=O)C1(O)CCC(F)(F)C1)c1ncc(-c2cc(Cl)cc(F)c2-c2nnn(C)n2)cc1F. The van der Waals surface area contributed by atoms with Gasteiger partial charge in [-0.25, -0.2) is 17.6 Å². The van der Waals surface area contributed by atoms with E-state index in [9.17, 15) is 23.1 Å². The molecule has 2 N–H and O–H groups in total. The van der Waals surface area contributed by atoms with E-state index in [0.717, 1.165) is 16.9 Å². The number of nitrogens with one attached hydrogen (secondary N) is 1. The maximum absolute atomic E-state index is 15.0. The van der Waals surface area contributed by atoms with E-state index in [1.807, 2.05) is 0 Å². The van der Waals surface area contributed by atoms with Crippen molar-refractivity contribution in [2.45, 2.75) is 43.8 Å². The van der Waals surface area contributed by atoms with E-state index in [1.54, 1.807) is 0 Å². The van der Waals surface area contributed by atoms with Crippen LogP contribution in [0.15, 0.2) is 24.4 Å². The van der Waals surface area contributed by atoms with E-state index >= 15 is 4.39 Å². The van der Waals surface area contributed by atoms with Crippen LogP contribution in [0.4, 0.5) is 17.6 Å². The average Bonchev–Trinajstić information content (AvgIpc) is 3.29. The van der Waals surface area contributed by atoms with Gasteiger partial charge in [0.2, 0.25) is 5.82 Å². The Morgan fingerprint density at radius 3 is 2.56 bits per heavy atom. The first kappa shape index (κ1) is 24.0. The molecule has 0 radical (unpaired) electrons. The van der Waals surface area contributed by atoms with E-state index in [4.69, 9.17) is 11.6 Å². The summed E-state index contributed by atoms with van der Waals surface area (Å²) in [6.07, 6.45) is -0.796. The highest BCUT2D eigenvalue weighted by atomic mass is 35.5. The molecule has 180 valence electrons. The first-order chi connectivity index (χ1) is 15.9. The highest BCUT2D eigenvalue weighted by molar-refractivity contribution is 6.31. The summed E-state index contributed by atoms with van der Waals surface area (Å²) in [5.41, 5.74) is -2.19. The zero-order valence-corrected chi connectivity index (χ0v) is 18.7. The van der Waals surface area contributed by atoms with Gasteiger partial charge in [0, 0.05) is 29.6 Å². The van der Waals surface area contributed by atoms with Crippen LogP contribution in [-0.4, -0.2) is 47.7 Å². The Morgan fingerprint density at radius 1 is 1.24 bits per heavy atom. The summed E-state index contributed by atoms with van der Waals surface area (Å²) in [5.74, 6) is -5.83. The third-order valence-electron chi connectivity index (χ3n) is 5.60. The van der Waals surface area contributed by atoms with Crippen molar-refractivity contribution in [1.82, 2.24) is 30.5 Å². The van der Waals surface area contributed by atoms with E-state index in [-0.39, 0.29) is 33.2 Å². The number of rotatable bonds is 5. The van der Waals surface area contributed by atoms with Gasteiger partial charge in [-0.1, -0.05) is 11.6 Å². The first-order valence-corrected chi connectivity index (χ1v) is 10.6. The summed E-state index contributed by atoms with van der Waals surface area (Å²) < 4.78 is 56.7. The molecule has 0 bridgehead atoms. The van der Waals surface area contributed by atoms with Crippen LogP contribution in [-0.2, 0) is 11.8 Å². The van der Waals surface area contributed by atoms with E-state index in [1.165, 1.54) is 26.2 Å². The number of hydrogen-bond donors (Lipinski definition) is 2. The highest BCUT2D eigenvalue weighted by Crippen LogP contribution is 2.42. The number of alkyl halides is 2. The summed E-state index contributed by atoms with van der Waals surface area (Å²) in [4.78, 5) is 17.6. The van der Waals surface area contributed by atoms with E-state index in [0.29, 0.717) is 0 Å². The fourth-order valence-electron chi connectivity index (χ4n) is 3.91. The van der Waals surface area contributed by atoms with Crippen LogP contribution in [0, 0.1) is 11.6 Å². The number of halogens is 5. The molecule has 4 rings (SSSR count). The fourth-order valence-corrected chi connectivity index (χ4v) is 4.12. The van der Waals surface area contributed by atoms with Crippen molar-refractivity contribution < 1.29 is 27.5 Å². The molecule has 2 aromatic heterocycles. The summed E-state index contributed by atoms with van der Waals surface area (Å²) in [6.45, 7) is 1.40. The number of aliphatic hydroxyl groups is 1. The number of pyridine rings is 1. The maximum Gasteiger partial charge on any atom is 0.252 e. The van der Waals surface area contributed by atoms with Gasteiger partial charge in [0.05, 0.1) is 24.3 Å². The van der Waals surface area contributed by atoms with Crippen molar-refractivity contribution in [3.05, 3.63) is 46.7 Å². The molecule has 1 aliphatic rings. The van der Waals surface area contributed by atoms with Crippen molar-refractivity contribution in [1.29, 1.82) is 0 Å². The second-order valence-corrected chi connectivity index (χ2v) is 8.70. The first-order valence-electron chi connectivity index (χ1n) is 10.2. The lowest BCUT2D eigenvalue weighted by atomic mass is 9.98. The van der Waals surface area contributed by atoms with Gasteiger partial charge in [0.25, 0.3) is 11.8 Å². The zero-order chi connectivity index (χ0) is 24.8. The molecule has 1 saturated carbocycles. The number of carbonyl (C=O) groups excluding carboxylic acids is 1. The predicted octanol–water partition coefficient (Wildman–Crippen LogP) is 3.60. The number of carbonyl (C=O) groups is 1. The molecule has 0 spiro atoms. The van der Waals surface area contributed by atoms with Crippen molar-refractivity contribution >= 4 is 17.5 Å². The van der Waals surface area contributed by atoms with Crippen LogP contribution in [0.5, 0.6) is 0 Å². The van der Waals surface area contributed by atoms with Crippen molar-refractivity contribution in [2.75, 3.05) is 0 Å². The minimum Gasteiger partial charge on any atom is -0.380 e. The summed E-state index contributed by atoms with van der Waals surface area (Å²) in [6, 6.07) is 2.48. The normalized spacial score (nSPS) is 20.4. The molecule has 34 heavy (non-hydrogen) atoms. The Bertz CT molecular complexity index is 1270. The lowest BCUT2D eigenvalue weighted by molar-refractivity contribution is -0.142. The summed E-state index contributed by atoms with van der Waals surface area (Å²) in [7, 11) is 1.50. The molecular formula is C21H19ClF4N6O2. The second kappa shape index (κ2) is 8.58. The topological polar surface area (TPSA) is 106 Å². The van der Waals surface area contributed by atoms with Gasteiger partial charge in [-0.3, -0.25) is 9.78 Å². The minimum atomic E-state index is -3.15. The van der Waals surface area contributed by atoms with Gasteiger partial charge < -0.3 is 10.4 Å². The molecule has 8 nitrogen and oxygen atoms in total. The molecule has 1 aliphatic carbocycles. The molecular weight excluding hydrogens is 480 g/mol. The second-order valence-electron chi connectivity index (χ2n) is 8.26. The van der Waals surface area contributed by atoms with Gasteiger partial charge in [-0.2, -0.15) is 4.80 Å². The van der Waals surface area contributed by atoms with Crippen molar-refractivity contribution in [2.24, 2.45) is 7.05 Å². The highest BCUT2D eigenvalue weighted by Gasteiger charge is 2.53. The van der Waals surface area contributed by atoms with Crippen LogP contribution < -0.4 is 5.32 Å². The summed E-state index contributed by atoms with van der Waals surface area (Å²) >= 11 is 6.00. The molecule has 1 amide bonds. The summed E-state index contributed by atoms with van der Waals surface area (Å²) in [5, 5.41) is 24.1. The Labute approximate surface area is 195 Å². The van der Waals surface area contributed by atoms with Crippen molar-refractivity contribution in [3.8, 4) is 22.5 Å². The number of hydrogen-bond acceptors (Lipinski definition) is 6. The van der Waals surface area contributed by atoms with Gasteiger partial charge in [0.15, 0.2) is 0 Å². The molecule has 0 aliphatic heterocycles. The average molecular weight is 499 g/mol. The molecule has 0 saturated heterocycles. The number of aryl methyl sites for hydroxylation is 1. The van der Waals surface area contributed by atoms with Gasteiger partial charge in [-0.15, -0.1) is 10.2 Å². The van der Waals surface area contributed by atoms with Crippen LogP contribution in [0.3, 0.4) is 0 Å². The molecule has 2 heterocycles. The Hall–Kier alpha value is -3.12. The van der Waals surface area contributed by atoms with Crippen molar-refractivity contribution in [3.63, 3.8) is 0 Å². The van der Waals surface area contributed by atoms with Crippen LogP contribution >= 0.6 is 11.6 Å². The van der Waals surface area contributed by atoms with E-state index < -0.39 is 54.4 Å². The fraction of sp³-hybridized carbons (Fsp3) is 0.381. The monoisotopic (exact) mass is 498 g/mol. The molecule has 1 aromatic carbocycles. The Morgan fingerprint density at radius 2 is 1.97 bits per heavy atom. The predicted molar refractivity (Wildman–Crippen MR) is 113 cm³/mol. The number of aromatic nitrogens is 5. The van der Waals surface area contributed by atoms with Crippen LogP contribution in [0.1, 0.15) is 37.9 Å². The minimum absolute atomic E-state index is 0.0432. The van der Waals surface area contributed by atoms with Crippen LogP contribution in [0.25, 0.3) is 22.5 Å². The lowest BCUT2D eigenvalue weighted by Gasteiger charge is -2.24. The lowest BCUT2D eigenvalue weighted by Crippen LogP contribution is -2.46. The van der Waals surface area contributed by atoms with Gasteiger partial charge in [-0.05, 0) is 42.3 Å². The molecule has 13 heteroatoms. The molecule has 1 fully saturated rings.